The van der Waals surface area contributed by atoms with Crippen LogP contribution in [0.5, 0.6) is 0 Å². The Hall–Kier alpha value is -1.92. The van der Waals surface area contributed by atoms with Gasteiger partial charge in [0, 0.05) is 25.6 Å². The third-order valence-corrected chi connectivity index (χ3v) is 5.09. The van der Waals surface area contributed by atoms with Crippen molar-refractivity contribution in [1.82, 2.24) is 4.31 Å². The molecule has 0 aliphatic heterocycles. The van der Waals surface area contributed by atoms with Crippen LogP contribution in [0.15, 0.2) is 52.0 Å². The molecule has 6 heteroatoms. The molecule has 0 saturated heterocycles. The van der Waals surface area contributed by atoms with Crippen LogP contribution in [0.3, 0.4) is 0 Å². The third kappa shape index (κ3) is 3.59. The second-order valence-corrected chi connectivity index (χ2v) is 6.78. The number of nitrogens with zero attached hydrogens (tertiary/aromatic N) is 1. The third-order valence-electron chi connectivity index (χ3n) is 3.22. The van der Waals surface area contributed by atoms with E-state index in [1.54, 1.807) is 12.3 Å². The van der Waals surface area contributed by atoms with Crippen molar-refractivity contribution in [2.45, 2.75) is 18.2 Å². The molecule has 0 bridgehead atoms. The van der Waals surface area contributed by atoms with E-state index < -0.39 is 10.0 Å². The van der Waals surface area contributed by atoms with Gasteiger partial charge in [-0.2, -0.15) is 0 Å². The fourth-order valence-corrected chi connectivity index (χ4v) is 3.06. The Bertz CT molecular complexity index is 703. The van der Waals surface area contributed by atoms with E-state index in [9.17, 15) is 13.2 Å². The second-order valence-electron chi connectivity index (χ2n) is 4.74. The smallest absolute Gasteiger partial charge is 0.242 e. The van der Waals surface area contributed by atoms with Crippen LogP contribution in [-0.4, -0.2) is 32.1 Å². The summed E-state index contributed by atoms with van der Waals surface area (Å²) >= 11 is 0. The van der Waals surface area contributed by atoms with Crippen LogP contribution in [0.4, 0.5) is 0 Å². The lowest BCUT2D eigenvalue weighted by Gasteiger charge is -2.16. The average Bonchev–Trinajstić information content (AvgIpc) is 2.98. The molecule has 0 radical (unpaired) electrons. The molecule has 0 atom stereocenters. The lowest BCUT2D eigenvalue weighted by molar-refractivity contribution is 0.101. The Labute approximate surface area is 124 Å². The van der Waals surface area contributed by atoms with Crippen molar-refractivity contribution in [3.8, 4) is 0 Å². The zero-order valence-electron chi connectivity index (χ0n) is 11.9. The number of furan rings is 1. The molecule has 0 spiro atoms. The van der Waals surface area contributed by atoms with Crippen molar-refractivity contribution < 1.29 is 17.6 Å². The molecule has 21 heavy (non-hydrogen) atoms. The SMILES string of the molecule is CC(=O)c1ccc(S(=O)(=O)N(C)CCc2ccco2)cc1. The molecule has 112 valence electrons. The summed E-state index contributed by atoms with van der Waals surface area (Å²) < 4.78 is 31.2. The topological polar surface area (TPSA) is 67.6 Å². The highest BCUT2D eigenvalue weighted by molar-refractivity contribution is 7.89. The Morgan fingerprint density at radius 1 is 1.19 bits per heavy atom. The highest BCUT2D eigenvalue weighted by Gasteiger charge is 2.20. The van der Waals surface area contributed by atoms with Gasteiger partial charge in [-0.3, -0.25) is 4.79 Å². The van der Waals surface area contributed by atoms with Gasteiger partial charge in [-0.25, -0.2) is 12.7 Å². The molecule has 0 N–H and O–H groups in total. The lowest BCUT2D eigenvalue weighted by atomic mass is 10.2. The molecule has 0 saturated carbocycles. The van der Waals surface area contributed by atoms with Gasteiger partial charge in [-0.05, 0) is 31.2 Å². The van der Waals surface area contributed by atoms with Gasteiger partial charge in [0.15, 0.2) is 5.78 Å². The zero-order valence-corrected chi connectivity index (χ0v) is 12.8. The summed E-state index contributed by atoms with van der Waals surface area (Å²) in [5.74, 6) is 0.647. The van der Waals surface area contributed by atoms with E-state index in [0.717, 1.165) is 5.76 Å². The maximum absolute atomic E-state index is 12.4. The van der Waals surface area contributed by atoms with Crippen molar-refractivity contribution in [3.63, 3.8) is 0 Å². The standard InChI is InChI=1S/C15H17NO4S/c1-12(17)13-5-7-15(8-6-13)21(18,19)16(2)10-9-14-4-3-11-20-14/h3-8,11H,9-10H2,1-2H3. The summed E-state index contributed by atoms with van der Waals surface area (Å²) in [4.78, 5) is 11.4. The van der Waals surface area contributed by atoms with E-state index in [2.05, 4.69) is 0 Å². The molecule has 0 aliphatic carbocycles. The monoisotopic (exact) mass is 307 g/mol. The van der Waals surface area contributed by atoms with E-state index >= 15 is 0 Å². The van der Waals surface area contributed by atoms with Crippen LogP contribution >= 0.6 is 0 Å². The molecule has 5 nitrogen and oxygen atoms in total. The normalized spacial score (nSPS) is 11.8. The van der Waals surface area contributed by atoms with Gasteiger partial charge in [-0.15, -0.1) is 0 Å². The van der Waals surface area contributed by atoms with Crippen molar-refractivity contribution in [2.75, 3.05) is 13.6 Å². The molecular weight excluding hydrogens is 290 g/mol. The zero-order chi connectivity index (χ0) is 15.5. The molecule has 1 heterocycles. The fraction of sp³-hybridized carbons (Fsp3) is 0.267. The summed E-state index contributed by atoms with van der Waals surface area (Å²) in [6, 6.07) is 9.53. The first-order valence-electron chi connectivity index (χ1n) is 6.51. The average molecular weight is 307 g/mol. The number of sulfonamides is 1. The van der Waals surface area contributed by atoms with Crippen molar-refractivity contribution in [1.29, 1.82) is 0 Å². The van der Waals surface area contributed by atoms with E-state index in [4.69, 9.17) is 4.42 Å². The molecule has 0 fully saturated rings. The van der Waals surface area contributed by atoms with Gasteiger partial charge in [0.1, 0.15) is 5.76 Å². The lowest BCUT2D eigenvalue weighted by Crippen LogP contribution is -2.29. The Balaban J connectivity index is 2.10. The first-order valence-corrected chi connectivity index (χ1v) is 7.95. The highest BCUT2D eigenvalue weighted by Crippen LogP contribution is 2.16. The molecule has 1 aromatic carbocycles. The number of benzene rings is 1. The Kier molecular flexibility index (Phi) is 4.59. The van der Waals surface area contributed by atoms with Gasteiger partial charge in [0.25, 0.3) is 0 Å². The maximum Gasteiger partial charge on any atom is 0.242 e. The molecule has 2 aromatic rings. The van der Waals surface area contributed by atoms with Crippen LogP contribution < -0.4 is 0 Å². The van der Waals surface area contributed by atoms with E-state index in [0.29, 0.717) is 18.5 Å². The molecule has 0 amide bonds. The van der Waals surface area contributed by atoms with Gasteiger partial charge in [-0.1, -0.05) is 12.1 Å². The Morgan fingerprint density at radius 3 is 2.38 bits per heavy atom. The summed E-state index contributed by atoms with van der Waals surface area (Å²) in [7, 11) is -2.03. The fourth-order valence-electron chi connectivity index (χ4n) is 1.88. The summed E-state index contributed by atoms with van der Waals surface area (Å²) in [5.41, 5.74) is 0.493. The van der Waals surface area contributed by atoms with Gasteiger partial charge in [0.05, 0.1) is 11.2 Å². The second kappa shape index (κ2) is 6.24. The summed E-state index contributed by atoms with van der Waals surface area (Å²) in [6.07, 6.45) is 2.07. The van der Waals surface area contributed by atoms with E-state index in [-0.39, 0.29) is 10.7 Å². The number of carbonyl (C=O) groups is 1. The number of ketones is 1. The van der Waals surface area contributed by atoms with Crippen LogP contribution in [0.1, 0.15) is 23.0 Å². The predicted molar refractivity (Wildman–Crippen MR) is 78.7 cm³/mol. The van der Waals surface area contributed by atoms with Crippen molar-refractivity contribution in [2.24, 2.45) is 0 Å². The number of Topliss-reactive ketones (excluding diaryl/α,β-unsaturated/α-hetero) is 1. The summed E-state index contributed by atoms with van der Waals surface area (Å²) in [6.45, 7) is 1.77. The van der Waals surface area contributed by atoms with Crippen molar-refractivity contribution >= 4 is 15.8 Å². The minimum atomic E-state index is -3.55. The minimum Gasteiger partial charge on any atom is -0.469 e. The molecule has 1 aromatic heterocycles. The van der Waals surface area contributed by atoms with E-state index in [1.165, 1.54) is 42.5 Å². The minimum absolute atomic E-state index is 0.0925. The van der Waals surface area contributed by atoms with Crippen molar-refractivity contribution in [3.05, 3.63) is 54.0 Å². The van der Waals surface area contributed by atoms with Crippen LogP contribution in [0.25, 0.3) is 0 Å². The molecular formula is C15H17NO4S. The van der Waals surface area contributed by atoms with Gasteiger partial charge >= 0.3 is 0 Å². The number of likely N-dealkylation sites (N-methyl/N-ethyl adjacent to an activating group) is 1. The maximum atomic E-state index is 12.4. The largest absolute Gasteiger partial charge is 0.469 e. The number of hydrogen-bond acceptors (Lipinski definition) is 4. The highest BCUT2D eigenvalue weighted by atomic mass is 32.2. The number of hydrogen-bond donors (Lipinski definition) is 0. The predicted octanol–water partition coefficient (Wildman–Crippen LogP) is 2.35. The first-order chi connectivity index (χ1) is 9.91. The first kappa shape index (κ1) is 15.5. The van der Waals surface area contributed by atoms with Crippen LogP contribution in [0.2, 0.25) is 0 Å². The quantitative estimate of drug-likeness (QED) is 0.768. The van der Waals surface area contributed by atoms with Crippen LogP contribution in [-0.2, 0) is 16.4 Å². The molecule has 2 rings (SSSR count). The Morgan fingerprint density at radius 2 is 1.86 bits per heavy atom. The van der Waals surface area contributed by atoms with Gasteiger partial charge in [0.2, 0.25) is 10.0 Å². The van der Waals surface area contributed by atoms with Gasteiger partial charge < -0.3 is 4.42 Å². The van der Waals surface area contributed by atoms with E-state index in [1.807, 2.05) is 6.07 Å². The number of carbonyl (C=O) groups excluding carboxylic acids is 1. The number of rotatable bonds is 6. The summed E-state index contributed by atoms with van der Waals surface area (Å²) in [5, 5.41) is 0. The molecule has 0 aliphatic rings. The molecule has 0 unspecified atom stereocenters. The van der Waals surface area contributed by atoms with Crippen LogP contribution in [0, 0.1) is 0 Å².